The first-order chi connectivity index (χ1) is 9.41. The number of unbranched alkanes of at least 4 members (excludes halogenated alkanes) is 15. The van der Waals surface area contributed by atoms with E-state index in [0.29, 0.717) is 0 Å². The van der Waals surface area contributed by atoms with Crippen molar-refractivity contribution in [2.45, 2.75) is 110 Å². The standard InChI is InChI=1S/C18H37Br.ClH.Mg.2H/c1-2-3-4-5-6-7-8-9-10-11-12-13-14-15-16-17-18-19;;;;/h2-18H2,1H3;1H;;;/q;;+2;2*-1. The fourth-order valence-corrected chi connectivity index (χ4v) is 3.04. The van der Waals surface area contributed by atoms with Crippen LogP contribution in [0.4, 0.5) is 0 Å². The molecule has 0 aliphatic heterocycles. The Hall–Kier alpha value is 1.54. The molecule has 0 aromatic carbocycles. The molecule has 21 heavy (non-hydrogen) atoms. The van der Waals surface area contributed by atoms with Gasteiger partial charge in [-0.15, -0.1) is 12.4 Å². The molecule has 0 aliphatic carbocycles. The van der Waals surface area contributed by atoms with Gasteiger partial charge in [0.25, 0.3) is 0 Å². The summed E-state index contributed by atoms with van der Waals surface area (Å²) in [4.78, 5) is 0. The minimum atomic E-state index is 0. The Morgan fingerprint density at radius 2 is 0.762 bits per heavy atom. The van der Waals surface area contributed by atoms with Gasteiger partial charge in [0.1, 0.15) is 0 Å². The van der Waals surface area contributed by atoms with E-state index in [0.717, 1.165) is 0 Å². The molecule has 0 radical (unpaired) electrons. The van der Waals surface area contributed by atoms with Gasteiger partial charge in [-0.2, -0.15) is 0 Å². The van der Waals surface area contributed by atoms with Crippen LogP contribution in [-0.4, -0.2) is 28.4 Å². The third-order valence-electron chi connectivity index (χ3n) is 3.99. The molecule has 0 rings (SSSR count). The van der Waals surface area contributed by atoms with Crippen molar-refractivity contribution in [2.75, 3.05) is 5.33 Å². The zero-order chi connectivity index (χ0) is 14.0. The van der Waals surface area contributed by atoms with Crippen molar-refractivity contribution in [2.24, 2.45) is 0 Å². The van der Waals surface area contributed by atoms with E-state index in [1.165, 1.54) is 108 Å². The first-order valence-electron chi connectivity index (χ1n) is 8.97. The largest absolute Gasteiger partial charge is 2.00 e. The van der Waals surface area contributed by atoms with Crippen molar-refractivity contribution in [1.82, 2.24) is 0 Å². The van der Waals surface area contributed by atoms with Crippen LogP contribution in [0.3, 0.4) is 0 Å². The summed E-state index contributed by atoms with van der Waals surface area (Å²) < 4.78 is 0. The maximum absolute atomic E-state index is 3.49. The van der Waals surface area contributed by atoms with E-state index >= 15 is 0 Å². The van der Waals surface area contributed by atoms with Gasteiger partial charge in [0, 0.05) is 5.33 Å². The minimum Gasteiger partial charge on any atom is -1.00 e. The summed E-state index contributed by atoms with van der Waals surface area (Å²) in [5.41, 5.74) is 0. The topological polar surface area (TPSA) is 0 Å². The molecule has 0 aliphatic rings. The van der Waals surface area contributed by atoms with Gasteiger partial charge in [-0.25, -0.2) is 0 Å². The van der Waals surface area contributed by atoms with Crippen LogP contribution in [0.5, 0.6) is 0 Å². The molecule has 0 saturated heterocycles. The SMILES string of the molecule is CCCCCCCCCCCCCCCCCCBr.Cl.[H-].[H-].[Mg+2]. The molecular weight excluding hydrogens is 356 g/mol. The molecular formula is C18H40BrClMg. The normalized spacial score (nSPS) is 10.0. The van der Waals surface area contributed by atoms with Gasteiger partial charge >= 0.3 is 23.1 Å². The third kappa shape index (κ3) is 26.7. The Labute approximate surface area is 168 Å². The molecule has 0 nitrogen and oxygen atoms in total. The molecule has 0 bridgehead atoms. The summed E-state index contributed by atoms with van der Waals surface area (Å²) in [6.07, 6.45) is 23.3. The molecule has 0 amide bonds. The molecule has 0 unspecified atom stereocenters. The zero-order valence-corrected chi connectivity index (χ0v) is 18.3. The maximum atomic E-state index is 3.49. The minimum absolute atomic E-state index is 0. The van der Waals surface area contributed by atoms with Crippen LogP contribution >= 0.6 is 28.3 Å². The predicted molar refractivity (Wildman–Crippen MR) is 109 cm³/mol. The monoisotopic (exact) mass is 394 g/mol. The van der Waals surface area contributed by atoms with Crippen LogP contribution < -0.4 is 0 Å². The molecule has 0 aromatic heterocycles. The summed E-state index contributed by atoms with van der Waals surface area (Å²) in [5.74, 6) is 0. The maximum Gasteiger partial charge on any atom is 2.00 e. The van der Waals surface area contributed by atoms with Crippen molar-refractivity contribution in [3.63, 3.8) is 0 Å². The molecule has 0 spiro atoms. The van der Waals surface area contributed by atoms with Crippen LogP contribution in [0.1, 0.15) is 113 Å². The number of rotatable bonds is 16. The number of hydrogen-bond acceptors (Lipinski definition) is 0. The summed E-state index contributed by atoms with van der Waals surface area (Å²) >= 11 is 3.49. The Morgan fingerprint density at radius 1 is 0.524 bits per heavy atom. The first kappa shape index (κ1) is 27.4. The van der Waals surface area contributed by atoms with Crippen LogP contribution in [-0.2, 0) is 0 Å². The van der Waals surface area contributed by atoms with E-state index < -0.39 is 0 Å². The van der Waals surface area contributed by atoms with Gasteiger partial charge in [0.15, 0.2) is 0 Å². The van der Waals surface area contributed by atoms with Crippen LogP contribution in [0, 0.1) is 0 Å². The van der Waals surface area contributed by atoms with E-state index in [1.807, 2.05) is 0 Å². The quantitative estimate of drug-likeness (QED) is 0.141. The zero-order valence-electron chi connectivity index (χ0n) is 16.5. The van der Waals surface area contributed by atoms with E-state index in [4.69, 9.17) is 0 Å². The molecule has 0 aromatic rings. The van der Waals surface area contributed by atoms with Crippen molar-refractivity contribution >= 4 is 51.4 Å². The number of halogens is 2. The Morgan fingerprint density at radius 3 is 1.00 bits per heavy atom. The average Bonchev–Trinajstić information content (AvgIpc) is 2.43. The van der Waals surface area contributed by atoms with Gasteiger partial charge in [-0.3, -0.25) is 0 Å². The van der Waals surface area contributed by atoms with Crippen molar-refractivity contribution in [1.29, 1.82) is 0 Å². The second kappa shape index (κ2) is 26.4. The van der Waals surface area contributed by atoms with Gasteiger partial charge in [-0.05, 0) is 6.42 Å². The van der Waals surface area contributed by atoms with Crippen LogP contribution in [0.2, 0.25) is 0 Å². The molecule has 0 heterocycles. The number of alkyl halides is 1. The Balaban J connectivity index is -0.000000270. The van der Waals surface area contributed by atoms with Gasteiger partial charge in [0.05, 0.1) is 0 Å². The molecule has 0 N–H and O–H groups in total. The second-order valence-electron chi connectivity index (χ2n) is 5.99. The fraction of sp³-hybridized carbons (Fsp3) is 1.00. The molecule has 0 atom stereocenters. The summed E-state index contributed by atoms with van der Waals surface area (Å²) in [6.45, 7) is 2.29. The van der Waals surface area contributed by atoms with Gasteiger partial charge in [-0.1, -0.05) is 119 Å². The van der Waals surface area contributed by atoms with E-state index in [2.05, 4.69) is 22.9 Å². The fourth-order valence-electron chi connectivity index (χ4n) is 2.64. The first-order valence-corrected chi connectivity index (χ1v) is 10.1. The Bertz CT molecular complexity index is 150. The van der Waals surface area contributed by atoms with Crippen molar-refractivity contribution < 1.29 is 2.85 Å². The van der Waals surface area contributed by atoms with Crippen molar-refractivity contribution in [3.8, 4) is 0 Å². The summed E-state index contributed by atoms with van der Waals surface area (Å²) in [6, 6.07) is 0. The van der Waals surface area contributed by atoms with Crippen LogP contribution in [0.25, 0.3) is 0 Å². The van der Waals surface area contributed by atoms with E-state index in [-0.39, 0.29) is 38.3 Å². The van der Waals surface area contributed by atoms with E-state index in [1.54, 1.807) is 0 Å². The summed E-state index contributed by atoms with van der Waals surface area (Å²) in [5, 5.41) is 1.19. The summed E-state index contributed by atoms with van der Waals surface area (Å²) in [7, 11) is 0. The van der Waals surface area contributed by atoms with Gasteiger partial charge in [0.2, 0.25) is 0 Å². The van der Waals surface area contributed by atoms with Crippen LogP contribution in [0.15, 0.2) is 0 Å². The average molecular weight is 396 g/mol. The third-order valence-corrected chi connectivity index (χ3v) is 4.55. The van der Waals surface area contributed by atoms with Gasteiger partial charge < -0.3 is 2.85 Å². The smallest absolute Gasteiger partial charge is 1.00 e. The second-order valence-corrected chi connectivity index (χ2v) is 6.79. The Kier molecular flexibility index (Phi) is 34.5. The van der Waals surface area contributed by atoms with E-state index in [9.17, 15) is 0 Å². The molecule has 0 fully saturated rings. The predicted octanol–water partition coefficient (Wildman–Crippen LogP) is 7.91. The van der Waals surface area contributed by atoms with Crippen molar-refractivity contribution in [3.05, 3.63) is 0 Å². The number of hydrogen-bond donors (Lipinski definition) is 0. The molecule has 128 valence electrons. The molecule has 3 heteroatoms. The molecule has 0 saturated carbocycles.